The predicted octanol–water partition coefficient (Wildman–Crippen LogP) is 0.836. The summed E-state index contributed by atoms with van der Waals surface area (Å²) in [6.07, 6.45) is 2.40. The molecule has 0 saturated heterocycles. The van der Waals surface area contributed by atoms with Gasteiger partial charge in [-0.3, -0.25) is 0 Å². The lowest BCUT2D eigenvalue weighted by atomic mass is 10.3. The first kappa shape index (κ1) is 9.92. The van der Waals surface area contributed by atoms with Gasteiger partial charge in [0.05, 0.1) is 6.04 Å². The molecule has 78 valence electrons. The number of thioether (sulfide) groups is 1. The lowest BCUT2D eigenvalue weighted by molar-refractivity contribution is 0.563. The lowest BCUT2D eigenvalue weighted by Crippen LogP contribution is -2.26. The van der Waals surface area contributed by atoms with Crippen LogP contribution < -0.4 is 5.73 Å². The van der Waals surface area contributed by atoms with Crippen LogP contribution in [0, 0.1) is 0 Å². The summed E-state index contributed by atoms with van der Waals surface area (Å²) in [5, 5.41) is 12.9. The van der Waals surface area contributed by atoms with Crippen LogP contribution in [0.1, 0.15) is 32.7 Å². The summed E-state index contributed by atoms with van der Waals surface area (Å²) < 4.78 is 1.92. The van der Waals surface area contributed by atoms with Gasteiger partial charge in [0.25, 0.3) is 0 Å². The highest BCUT2D eigenvalue weighted by atomic mass is 32.2. The smallest absolute Gasteiger partial charge is 0.209 e. The van der Waals surface area contributed by atoms with E-state index in [2.05, 4.69) is 22.4 Å². The number of nitrogens with two attached hydrogens (primary N) is 1. The maximum atomic E-state index is 5.80. The van der Waals surface area contributed by atoms with E-state index in [1.54, 1.807) is 11.8 Å². The van der Waals surface area contributed by atoms with Crippen molar-refractivity contribution in [3.05, 3.63) is 0 Å². The molecule has 6 heteroatoms. The molecule has 1 aromatic heterocycles. The maximum Gasteiger partial charge on any atom is 0.209 e. The van der Waals surface area contributed by atoms with Crippen LogP contribution >= 0.6 is 11.8 Å². The lowest BCUT2D eigenvalue weighted by Gasteiger charge is -2.13. The molecule has 0 spiro atoms. The Hall–Kier alpha value is -0.620. The molecule has 1 heterocycles. The SMILES string of the molecule is CC(N)C(C)Sc1nnnn1C1CC1. The van der Waals surface area contributed by atoms with Gasteiger partial charge in [0.2, 0.25) is 5.16 Å². The van der Waals surface area contributed by atoms with Gasteiger partial charge in [-0.1, -0.05) is 18.7 Å². The van der Waals surface area contributed by atoms with E-state index in [9.17, 15) is 0 Å². The van der Waals surface area contributed by atoms with Gasteiger partial charge in [-0.25, -0.2) is 4.68 Å². The number of nitrogens with zero attached hydrogens (tertiary/aromatic N) is 4. The summed E-state index contributed by atoms with van der Waals surface area (Å²) in [4.78, 5) is 0. The second-order valence-corrected chi connectivity index (χ2v) is 5.16. The molecule has 1 fully saturated rings. The summed E-state index contributed by atoms with van der Waals surface area (Å²) in [5.74, 6) is 0. The van der Waals surface area contributed by atoms with Gasteiger partial charge in [-0.2, -0.15) is 0 Å². The summed E-state index contributed by atoms with van der Waals surface area (Å²) in [7, 11) is 0. The molecule has 2 rings (SSSR count). The van der Waals surface area contributed by atoms with Crippen molar-refractivity contribution >= 4 is 11.8 Å². The van der Waals surface area contributed by atoms with Crippen molar-refractivity contribution in [3.8, 4) is 0 Å². The quantitative estimate of drug-likeness (QED) is 0.750. The van der Waals surface area contributed by atoms with Gasteiger partial charge in [0, 0.05) is 11.3 Å². The van der Waals surface area contributed by atoms with Crippen molar-refractivity contribution in [2.24, 2.45) is 5.73 Å². The second kappa shape index (κ2) is 3.86. The van der Waals surface area contributed by atoms with Crippen LogP contribution in [-0.4, -0.2) is 31.5 Å². The van der Waals surface area contributed by atoms with Crippen molar-refractivity contribution in [1.82, 2.24) is 20.2 Å². The highest BCUT2D eigenvalue weighted by Gasteiger charge is 2.28. The number of aromatic nitrogens is 4. The average Bonchev–Trinajstić information content (AvgIpc) is 2.88. The summed E-state index contributed by atoms with van der Waals surface area (Å²) in [6, 6.07) is 0.692. The molecule has 5 nitrogen and oxygen atoms in total. The zero-order valence-electron chi connectivity index (χ0n) is 8.42. The Balaban J connectivity index is 2.04. The molecule has 0 radical (unpaired) electrons. The van der Waals surface area contributed by atoms with Crippen LogP contribution in [0.3, 0.4) is 0 Å². The van der Waals surface area contributed by atoms with E-state index >= 15 is 0 Å². The Morgan fingerprint density at radius 1 is 1.50 bits per heavy atom. The van der Waals surface area contributed by atoms with Crippen molar-refractivity contribution in [3.63, 3.8) is 0 Å². The van der Waals surface area contributed by atoms with Crippen molar-refractivity contribution in [2.75, 3.05) is 0 Å². The predicted molar refractivity (Wildman–Crippen MR) is 55.1 cm³/mol. The summed E-state index contributed by atoms with van der Waals surface area (Å²) in [5.41, 5.74) is 5.80. The maximum absolute atomic E-state index is 5.80. The van der Waals surface area contributed by atoms with Gasteiger partial charge < -0.3 is 5.73 Å². The summed E-state index contributed by atoms with van der Waals surface area (Å²) in [6.45, 7) is 4.10. The Morgan fingerprint density at radius 3 is 2.79 bits per heavy atom. The van der Waals surface area contributed by atoms with Gasteiger partial charge in [0.15, 0.2) is 0 Å². The molecule has 0 bridgehead atoms. The molecule has 1 aliphatic carbocycles. The molecule has 14 heavy (non-hydrogen) atoms. The van der Waals surface area contributed by atoms with E-state index in [-0.39, 0.29) is 6.04 Å². The number of rotatable bonds is 4. The third kappa shape index (κ3) is 2.06. The second-order valence-electron chi connectivity index (χ2n) is 3.82. The van der Waals surface area contributed by atoms with Gasteiger partial charge in [0.1, 0.15) is 0 Å². The molecular weight excluding hydrogens is 198 g/mol. The summed E-state index contributed by atoms with van der Waals surface area (Å²) >= 11 is 1.66. The zero-order valence-corrected chi connectivity index (χ0v) is 9.24. The molecule has 1 aromatic rings. The minimum Gasteiger partial charge on any atom is -0.327 e. The minimum atomic E-state index is 0.157. The first-order valence-corrected chi connectivity index (χ1v) is 5.76. The van der Waals surface area contributed by atoms with Gasteiger partial charge >= 0.3 is 0 Å². The Kier molecular flexibility index (Phi) is 2.73. The highest BCUT2D eigenvalue weighted by Crippen LogP contribution is 2.37. The zero-order chi connectivity index (χ0) is 10.1. The van der Waals surface area contributed by atoms with Crippen LogP contribution in [0.2, 0.25) is 0 Å². The molecule has 2 unspecified atom stereocenters. The molecular formula is C8H15N5S. The molecule has 1 saturated carbocycles. The fourth-order valence-electron chi connectivity index (χ4n) is 1.08. The molecule has 1 aliphatic rings. The minimum absolute atomic E-state index is 0.157. The number of tetrazole rings is 1. The third-order valence-electron chi connectivity index (χ3n) is 2.39. The fourth-order valence-corrected chi connectivity index (χ4v) is 2.01. The Morgan fingerprint density at radius 2 is 2.21 bits per heavy atom. The molecule has 0 amide bonds. The van der Waals surface area contributed by atoms with Gasteiger partial charge in [-0.05, 0) is 30.2 Å². The normalized spacial score (nSPS) is 20.8. The first-order chi connectivity index (χ1) is 6.68. The van der Waals surface area contributed by atoms with E-state index in [0.717, 1.165) is 5.16 Å². The topological polar surface area (TPSA) is 69.6 Å². The Bertz CT molecular complexity index is 306. The van der Waals surface area contributed by atoms with Crippen LogP contribution in [0.25, 0.3) is 0 Å². The third-order valence-corrected chi connectivity index (χ3v) is 3.67. The van der Waals surface area contributed by atoms with Gasteiger partial charge in [-0.15, -0.1) is 5.10 Å². The molecule has 0 aliphatic heterocycles. The Labute approximate surface area is 87.4 Å². The standard InChI is InChI=1S/C8H15N5S/c1-5(9)6(2)14-8-10-11-12-13(8)7-3-4-7/h5-7H,3-4,9H2,1-2H3. The van der Waals surface area contributed by atoms with Crippen molar-refractivity contribution < 1.29 is 0 Å². The van der Waals surface area contributed by atoms with E-state index in [4.69, 9.17) is 5.73 Å². The monoisotopic (exact) mass is 213 g/mol. The molecule has 0 aromatic carbocycles. The van der Waals surface area contributed by atoms with Crippen LogP contribution in [0.5, 0.6) is 0 Å². The average molecular weight is 213 g/mol. The largest absolute Gasteiger partial charge is 0.327 e. The van der Waals surface area contributed by atoms with Crippen LogP contribution in [0.15, 0.2) is 5.16 Å². The van der Waals surface area contributed by atoms with E-state index in [1.165, 1.54) is 12.8 Å². The first-order valence-electron chi connectivity index (χ1n) is 4.88. The van der Waals surface area contributed by atoms with Crippen LogP contribution in [0.4, 0.5) is 0 Å². The van der Waals surface area contributed by atoms with Crippen LogP contribution in [-0.2, 0) is 0 Å². The highest BCUT2D eigenvalue weighted by molar-refractivity contribution is 7.99. The fraction of sp³-hybridized carbons (Fsp3) is 0.875. The number of hydrogen-bond acceptors (Lipinski definition) is 5. The van der Waals surface area contributed by atoms with E-state index < -0.39 is 0 Å². The van der Waals surface area contributed by atoms with Crippen molar-refractivity contribution in [1.29, 1.82) is 0 Å². The van der Waals surface area contributed by atoms with E-state index in [1.807, 2.05) is 11.6 Å². The number of hydrogen-bond donors (Lipinski definition) is 1. The van der Waals surface area contributed by atoms with Crippen molar-refractivity contribution in [2.45, 2.75) is 49.2 Å². The molecule has 2 atom stereocenters. The van der Waals surface area contributed by atoms with E-state index in [0.29, 0.717) is 11.3 Å². The molecule has 2 N–H and O–H groups in total.